The number of pyridine rings is 3. The first-order chi connectivity index (χ1) is 23.3. The zero-order chi connectivity index (χ0) is 33.2. The third-order valence-electron chi connectivity index (χ3n) is 8.72. The van der Waals surface area contributed by atoms with E-state index in [1.165, 1.54) is 27.8 Å². The minimum atomic E-state index is 0. The fourth-order valence-electron chi connectivity index (χ4n) is 5.78. The summed E-state index contributed by atoms with van der Waals surface area (Å²) in [4.78, 5) is 13.7. The first-order valence-corrected chi connectivity index (χ1v) is 16.1. The van der Waals surface area contributed by atoms with E-state index in [-0.39, 0.29) is 20.1 Å². The Morgan fingerprint density at radius 3 is 2.04 bits per heavy atom. The number of hydrogen-bond donors (Lipinski definition) is 0. The molecule has 4 aromatic heterocycles. The summed E-state index contributed by atoms with van der Waals surface area (Å²) in [5.41, 5.74) is 15.7. The standard InChI is InChI=1S/C30H21N2O.C14H14N.Ir/c1-19-18-31-28(17-27(19)23-14-12-22(13-15-23)21-7-4-3-5-8-21)26-10-6-9-24-25-16-11-20(2)32-30(25)33-29(24)26;1-10-4-6-13(7-5-10)14-8-11(2)12(3)9-15-14;/h3-9,11-18H,1-2H3;4-6,8-9H,1-3H3;/q2*-1;. The number of hydrogen-bond acceptors (Lipinski definition) is 4. The molecule has 0 fully saturated rings. The van der Waals surface area contributed by atoms with Gasteiger partial charge in [-0.2, -0.15) is 0 Å². The molecule has 0 spiro atoms. The second-order valence-electron chi connectivity index (χ2n) is 12.3. The van der Waals surface area contributed by atoms with E-state index in [2.05, 4.69) is 129 Å². The summed E-state index contributed by atoms with van der Waals surface area (Å²) in [5, 5.41) is 2.04. The third-order valence-corrected chi connectivity index (χ3v) is 8.72. The van der Waals surface area contributed by atoms with E-state index in [1.54, 1.807) is 0 Å². The predicted octanol–water partition coefficient (Wildman–Crippen LogP) is 11.3. The Labute approximate surface area is 301 Å². The SMILES string of the molecule is Cc1c[c-]c(-c2cc(C)c(C)cn2)cc1.Cc1ccc2c(n1)oc1c(-c3cc(-c4ccc(-c5ccccc5)cc4)c(C)cn3)[c-]ccc12.[Ir]. The molecule has 4 heterocycles. The van der Waals surface area contributed by atoms with Crippen LogP contribution in [0.4, 0.5) is 0 Å². The van der Waals surface area contributed by atoms with Gasteiger partial charge in [-0.15, -0.1) is 53.6 Å². The van der Waals surface area contributed by atoms with Gasteiger partial charge in [-0.05, 0) is 84.6 Å². The van der Waals surface area contributed by atoms with Gasteiger partial charge in [-0.3, -0.25) is 0 Å². The summed E-state index contributed by atoms with van der Waals surface area (Å²) >= 11 is 0. The number of furan rings is 1. The summed E-state index contributed by atoms with van der Waals surface area (Å²) in [5.74, 6) is 0. The topological polar surface area (TPSA) is 51.8 Å². The first kappa shape index (κ1) is 33.7. The van der Waals surface area contributed by atoms with E-state index in [4.69, 9.17) is 9.40 Å². The van der Waals surface area contributed by atoms with Gasteiger partial charge in [0, 0.05) is 43.6 Å². The molecule has 0 atom stereocenters. The van der Waals surface area contributed by atoms with Crippen LogP contribution < -0.4 is 0 Å². The van der Waals surface area contributed by atoms with Crippen LogP contribution in [0.5, 0.6) is 0 Å². The van der Waals surface area contributed by atoms with Crippen molar-refractivity contribution < 1.29 is 24.5 Å². The Kier molecular flexibility index (Phi) is 9.96. The Balaban J connectivity index is 0.000000220. The van der Waals surface area contributed by atoms with E-state index < -0.39 is 0 Å². The Bertz CT molecular complexity index is 2380. The van der Waals surface area contributed by atoms with Gasteiger partial charge in [0.05, 0.1) is 5.58 Å². The molecule has 0 bridgehead atoms. The second-order valence-corrected chi connectivity index (χ2v) is 12.3. The minimum Gasteiger partial charge on any atom is -0.486 e. The normalized spacial score (nSPS) is 10.8. The van der Waals surface area contributed by atoms with Crippen LogP contribution in [0.2, 0.25) is 0 Å². The molecule has 0 saturated carbocycles. The molecule has 0 aliphatic rings. The smallest absolute Gasteiger partial charge is 0.216 e. The maximum absolute atomic E-state index is 6.18. The van der Waals surface area contributed by atoms with Crippen molar-refractivity contribution in [2.24, 2.45) is 0 Å². The van der Waals surface area contributed by atoms with Crippen molar-refractivity contribution in [1.29, 1.82) is 0 Å². The summed E-state index contributed by atoms with van der Waals surface area (Å²) in [6.07, 6.45) is 3.84. The Morgan fingerprint density at radius 2 is 1.31 bits per heavy atom. The van der Waals surface area contributed by atoms with Gasteiger partial charge in [-0.1, -0.05) is 90.2 Å². The molecule has 0 N–H and O–H groups in total. The number of aromatic nitrogens is 3. The second kappa shape index (κ2) is 14.5. The molecule has 0 aliphatic carbocycles. The van der Waals surface area contributed by atoms with E-state index in [1.807, 2.05) is 49.6 Å². The fraction of sp³-hybridized carbons (Fsp3) is 0.114. The van der Waals surface area contributed by atoms with Crippen molar-refractivity contribution in [2.75, 3.05) is 0 Å². The Morgan fingerprint density at radius 1 is 0.592 bits per heavy atom. The monoisotopic (exact) mass is 814 g/mol. The molecule has 4 aromatic carbocycles. The average molecular weight is 814 g/mol. The van der Waals surface area contributed by atoms with Crippen LogP contribution in [0, 0.1) is 46.8 Å². The van der Waals surface area contributed by atoms with Gasteiger partial charge in [0.15, 0.2) is 0 Å². The molecule has 243 valence electrons. The number of rotatable bonds is 4. The number of aryl methyl sites for hydroxylation is 5. The molecule has 49 heavy (non-hydrogen) atoms. The molecule has 5 heteroatoms. The first-order valence-electron chi connectivity index (χ1n) is 16.1. The van der Waals surface area contributed by atoms with Crippen LogP contribution in [0.25, 0.3) is 66.8 Å². The zero-order valence-electron chi connectivity index (χ0n) is 28.1. The average Bonchev–Trinajstić information content (AvgIpc) is 3.49. The van der Waals surface area contributed by atoms with Crippen molar-refractivity contribution in [3.63, 3.8) is 0 Å². The molecular formula is C44H35IrN3O-2. The summed E-state index contributed by atoms with van der Waals surface area (Å²) < 4.78 is 6.18. The van der Waals surface area contributed by atoms with Crippen LogP contribution >= 0.6 is 0 Å². The summed E-state index contributed by atoms with van der Waals surface area (Å²) in [6.45, 7) is 10.3. The predicted molar refractivity (Wildman–Crippen MR) is 197 cm³/mol. The van der Waals surface area contributed by atoms with Crippen LogP contribution in [0.3, 0.4) is 0 Å². The fourth-order valence-corrected chi connectivity index (χ4v) is 5.78. The van der Waals surface area contributed by atoms with E-state index in [0.717, 1.165) is 61.3 Å². The van der Waals surface area contributed by atoms with Gasteiger partial charge in [0.25, 0.3) is 0 Å². The van der Waals surface area contributed by atoms with E-state index in [9.17, 15) is 0 Å². The molecule has 8 aromatic rings. The molecule has 0 amide bonds. The zero-order valence-corrected chi connectivity index (χ0v) is 30.5. The van der Waals surface area contributed by atoms with Crippen molar-refractivity contribution in [3.05, 3.63) is 162 Å². The van der Waals surface area contributed by atoms with Crippen molar-refractivity contribution in [1.82, 2.24) is 15.0 Å². The maximum atomic E-state index is 6.18. The van der Waals surface area contributed by atoms with Crippen molar-refractivity contribution in [2.45, 2.75) is 34.6 Å². The number of fused-ring (bicyclic) bond motifs is 3. The summed E-state index contributed by atoms with van der Waals surface area (Å²) in [7, 11) is 0. The largest absolute Gasteiger partial charge is 0.486 e. The minimum absolute atomic E-state index is 0. The number of nitrogens with zero attached hydrogens (tertiary/aromatic N) is 3. The van der Waals surface area contributed by atoms with Gasteiger partial charge < -0.3 is 14.4 Å². The molecule has 8 rings (SSSR count). The van der Waals surface area contributed by atoms with Crippen LogP contribution in [-0.4, -0.2) is 15.0 Å². The van der Waals surface area contributed by atoms with Crippen LogP contribution in [0.15, 0.2) is 126 Å². The van der Waals surface area contributed by atoms with Crippen LogP contribution in [0.1, 0.15) is 27.9 Å². The van der Waals surface area contributed by atoms with Gasteiger partial charge in [0.2, 0.25) is 5.71 Å². The van der Waals surface area contributed by atoms with Gasteiger partial charge in [0.1, 0.15) is 0 Å². The van der Waals surface area contributed by atoms with E-state index >= 15 is 0 Å². The molecular weight excluding hydrogens is 779 g/mol. The third kappa shape index (κ3) is 7.15. The molecule has 4 nitrogen and oxygen atoms in total. The van der Waals surface area contributed by atoms with Crippen molar-refractivity contribution in [3.8, 4) is 44.8 Å². The molecule has 0 unspecified atom stereocenters. The molecule has 0 aliphatic heterocycles. The van der Waals surface area contributed by atoms with Crippen molar-refractivity contribution >= 4 is 22.1 Å². The molecule has 1 radical (unpaired) electrons. The maximum Gasteiger partial charge on any atom is 0.216 e. The van der Waals surface area contributed by atoms with Crippen LogP contribution in [-0.2, 0) is 20.1 Å². The quantitative estimate of drug-likeness (QED) is 0.166. The van der Waals surface area contributed by atoms with Gasteiger partial charge in [-0.25, -0.2) is 4.98 Å². The molecule has 0 saturated heterocycles. The van der Waals surface area contributed by atoms with E-state index in [0.29, 0.717) is 5.71 Å². The van der Waals surface area contributed by atoms with Gasteiger partial charge >= 0.3 is 0 Å². The summed E-state index contributed by atoms with van der Waals surface area (Å²) in [6, 6.07) is 44.1. The number of benzene rings is 4. The Hall–Kier alpha value is -5.22.